The molecule has 1 unspecified atom stereocenters. The second-order valence-electron chi connectivity index (χ2n) is 7.99. The molecule has 4 aromatic carbocycles. The number of oxazole rings is 1. The van der Waals surface area contributed by atoms with Gasteiger partial charge in [0.25, 0.3) is 5.91 Å². The van der Waals surface area contributed by atoms with Gasteiger partial charge in [0.15, 0.2) is 11.7 Å². The Kier molecular flexibility index (Phi) is 6.21. The van der Waals surface area contributed by atoms with Crippen molar-refractivity contribution in [2.24, 2.45) is 0 Å². The number of amides is 1. The number of fused-ring (bicyclic) bond motifs is 2. The van der Waals surface area contributed by atoms with E-state index in [2.05, 4.69) is 10.3 Å². The van der Waals surface area contributed by atoms with E-state index in [4.69, 9.17) is 20.8 Å². The fourth-order valence-corrected chi connectivity index (χ4v) is 4.07. The van der Waals surface area contributed by atoms with Crippen molar-refractivity contribution in [2.75, 3.05) is 5.32 Å². The molecule has 1 atom stereocenters. The third kappa shape index (κ3) is 4.61. The van der Waals surface area contributed by atoms with Crippen LogP contribution in [0.1, 0.15) is 23.7 Å². The molecule has 5 aromatic rings. The maximum Gasteiger partial charge on any atom is 0.339 e. The van der Waals surface area contributed by atoms with Gasteiger partial charge in [0.05, 0.1) is 5.56 Å². The van der Waals surface area contributed by atoms with Gasteiger partial charge >= 0.3 is 5.97 Å². The third-order valence-corrected chi connectivity index (χ3v) is 5.93. The Morgan fingerprint density at radius 1 is 0.971 bits per heavy atom. The van der Waals surface area contributed by atoms with Gasteiger partial charge in [-0.1, -0.05) is 54.9 Å². The number of esters is 1. The summed E-state index contributed by atoms with van der Waals surface area (Å²) >= 11 is 5.91. The van der Waals surface area contributed by atoms with E-state index in [0.29, 0.717) is 45.1 Å². The standard InChI is InChI=1S/C28H21ClN2O4/c1-2-23(26(32)30-19-15-13-18(29)14-16-19)35-28(33)21-10-6-8-17-7-5-9-20(25(17)21)27-31-22-11-3-4-12-24(22)34-27/h3-16,23H,2H2,1H3,(H,30,32). The molecule has 0 aliphatic carbocycles. The van der Waals surface area contributed by atoms with Crippen LogP contribution < -0.4 is 5.32 Å². The molecule has 1 heterocycles. The van der Waals surface area contributed by atoms with Crippen LogP contribution in [0.4, 0.5) is 5.69 Å². The molecule has 1 N–H and O–H groups in total. The van der Waals surface area contributed by atoms with E-state index in [-0.39, 0.29) is 0 Å². The number of hydrogen-bond donors (Lipinski definition) is 1. The summed E-state index contributed by atoms with van der Waals surface area (Å²) in [6.07, 6.45) is -0.654. The number of hydrogen-bond acceptors (Lipinski definition) is 5. The highest BCUT2D eigenvalue weighted by atomic mass is 35.5. The Labute approximate surface area is 206 Å². The van der Waals surface area contributed by atoms with Crippen molar-refractivity contribution in [3.05, 3.63) is 95.5 Å². The number of carbonyl (C=O) groups is 2. The summed E-state index contributed by atoms with van der Waals surface area (Å²) in [6, 6.07) is 25.2. The van der Waals surface area contributed by atoms with E-state index in [9.17, 15) is 9.59 Å². The molecule has 0 bridgehead atoms. The first-order chi connectivity index (χ1) is 17.0. The lowest BCUT2D eigenvalue weighted by Crippen LogP contribution is -2.32. The molecule has 0 spiro atoms. The maximum atomic E-state index is 13.3. The lowest BCUT2D eigenvalue weighted by molar-refractivity contribution is -0.124. The van der Waals surface area contributed by atoms with Crippen LogP contribution in [0, 0.1) is 0 Å². The molecule has 0 fully saturated rings. The molecule has 6 nitrogen and oxygen atoms in total. The van der Waals surface area contributed by atoms with Gasteiger partial charge in [0.2, 0.25) is 5.89 Å². The first-order valence-corrected chi connectivity index (χ1v) is 11.6. The predicted molar refractivity (Wildman–Crippen MR) is 137 cm³/mol. The largest absolute Gasteiger partial charge is 0.449 e. The SMILES string of the molecule is CCC(OC(=O)c1cccc2cccc(-c3nc4ccccc4o3)c12)C(=O)Nc1ccc(Cl)cc1. The van der Waals surface area contributed by atoms with Crippen LogP contribution in [0.2, 0.25) is 5.02 Å². The minimum atomic E-state index is -0.968. The van der Waals surface area contributed by atoms with Crippen LogP contribution >= 0.6 is 11.6 Å². The number of carbonyl (C=O) groups excluding carboxylic acids is 2. The van der Waals surface area contributed by atoms with Gasteiger partial charge in [-0.25, -0.2) is 9.78 Å². The Hall–Kier alpha value is -4.16. The summed E-state index contributed by atoms with van der Waals surface area (Å²) in [5.41, 5.74) is 2.95. The van der Waals surface area contributed by atoms with Gasteiger partial charge in [0, 0.05) is 21.7 Å². The van der Waals surface area contributed by atoms with Gasteiger partial charge in [-0.3, -0.25) is 4.79 Å². The van der Waals surface area contributed by atoms with E-state index in [0.717, 1.165) is 10.9 Å². The van der Waals surface area contributed by atoms with Crippen molar-refractivity contribution in [3.8, 4) is 11.5 Å². The van der Waals surface area contributed by atoms with Crippen LogP contribution in [0.25, 0.3) is 33.3 Å². The lowest BCUT2D eigenvalue weighted by atomic mass is 9.99. The average Bonchev–Trinajstić information content (AvgIpc) is 3.32. The molecule has 7 heteroatoms. The third-order valence-electron chi connectivity index (χ3n) is 5.67. The number of para-hydroxylation sites is 2. The molecule has 1 aromatic heterocycles. The Bertz CT molecular complexity index is 1500. The number of halogens is 1. The minimum absolute atomic E-state index is 0.313. The average molecular weight is 485 g/mol. The zero-order valence-electron chi connectivity index (χ0n) is 18.8. The van der Waals surface area contributed by atoms with Crippen molar-refractivity contribution >= 4 is 51.0 Å². The summed E-state index contributed by atoms with van der Waals surface area (Å²) in [4.78, 5) is 30.7. The van der Waals surface area contributed by atoms with Crippen molar-refractivity contribution in [1.29, 1.82) is 0 Å². The molecule has 0 saturated carbocycles. The number of nitrogens with zero attached hydrogens (tertiary/aromatic N) is 1. The van der Waals surface area contributed by atoms with Gasteiger partial charge in [-0.05, 0) is 60.3 Å². The monoisotopic (exact) mass is 484 g/mol. The first-order valence-electron chi connectivity index (χ1n) is 11.2. The molecule has 1 amide bonds. The fraction of sp³-hybridized carbons (Fsp3) is 0.107. The Morgan fingerprint density at radius 2 is 1.71 bits per heavy atom. The van der Waals surface area contributed by atoms with E-state index in [1.165, 1.54) is 0 Å². The van der Waals surface area contributed by atoms with Crippen LogP contribution in [0.3, 0.4) is 0 Å². The van der Waals surface area contributed by atoms with Crippen LogP contribution in [0.15, 0.2) is 89.3 Å². The van der Waals surface area contributed by atoms with Gasteiger partial charge in [0.1, 0.15) is 5.52 Å². The number of aromatic nitrogens is 1. The van der Waals surface area contributed by atoms with Crippen LogP contribution in [-0.2, 0) is 9.53 Å². The second-order valence-corrected chi connectivity index (χ2v) is 8.43. The maximum absolute atomic E-state index is 13.3. The smallest absolute Gasteiger partial charge is 0.339 e. The van der Waals surface area contributed by atoms with Crippen LogP contribution in [-0.4, -0.2) is 23.0 Å². The normalized spacial score (nSPS) is 11.9. The quantitative estimate of drug-likeness (QED) is 0.266. The highest BCUT2D eigenvalue weighted by molar-refractivity contribution is 6.30. The first kappa shape index (κ1) is 22.6. The van der Waals surface area contributed by atoms with Gasteiger partial charge < -0.3 is 14.5 Å². The van der Waals surface area contributed by atoms with Crippen LogP contribution in [0.5, 0.6) is 0 Å². The van der Waals surface area contributed by atoms with E-state index >= 15 is 0 Å². The van der Waals surface area contributed by atoms with E-state index in [1.807, 2.05) is 48.5 Å². The Morgan fingerprint density at radius 3 is 2.46 bits per heavy atom. The molecule has 5 rings (SSSR count). The number of ether oxygens (including phenoxy) is 1. The Balaban J connectivity index is 1.47. The second kappa shape index (κ2) is 9.60. The molecular formula is C28H21ClN2O4. The number of benzene rings is 4. The predicted octanol–water partition coefficient (Wildman–Crippen LogP) is 6.88. The van der Waals surface area contributed by atoms with E-state index < -0.39 is 18.0 Å². The molecular weight excluding hydrogens is 464 g/mol. The van der Waals surface area contributed by atoms with Gasteiger partial charge in [-0.2, -0.15) is 0 Å². The summed E-state index contributed by atoms with van der Waals surface area (Å²) in [5.74, 6) is -0.607. The summed E-state index contributed by atoms with van der Waals surface area (Å²) in [5, 5.41) is 4.81. The molecule has 0 saturated heterocycles. The summed E-state index contributed by atoms with van der Waals surface area (Å²) < 4.78 is 11.6. The molecule has 174 valence electrons. The van der Waals surface area contributed by atoms with Crippen molar-refractivity contribution < 1.29 is 18.7 Å². The van der Waals surface area contributed by atoms with E-state index in [1.54, 1.807) is 43.3 Å². The number of nitrogens with one attached hydrogen (secondary N) is 1. The highest BCUT2D eigenvalue weighted by Gasteiger charge is 2.24. The lowest BCUT2D eigenvalue weighted by Gasteiger charge is -2.17. The number of anilines is 1. The summed E-state index contributed by atoms with van der Waals surface area (Å²) in [6.45, 7) is 1.78. The molecule has 0 radical (unpaired) electrons. The topological polar surface area (TPSA) is 81.4 Å². The minimum Gasteiger partial charge on any atom is -0.449 e. The van der Waals surface area contributed by atoms with Crippen molar-refractivity contribution in [2.45, 2.75) is 19.4 Å². The zero-order valence-corrected chi connectivity index (χ0v) is 19.6. The highest BCUT2D eigenvalue weighted by Crippen LogP contribution is 2.33. The van der Waals surface area contributed by atoms with Crippen molar-refractivity contribution in [1.82, 2.24) is 4.98 Å². The molecule has 0 aliphatic heterocycles. The fourth-order valence-electron chi connectivity index (χ4n) is 3.95. The molecule has 35 heavy (non-hydrogen) atoms. The molecule has 0 aliphatic rings. The van der Waals surface area contributed by atoms with Crippen molar-refractivity contribution in [3.63, 3.8) is 0 Å². The van der Waals surface area contributed by atoms with Gasteiger partial charge in [-0.15, -0.1) is 0 Å². The zero-order chi connectivity index (χ0) is 24.4. The summed E-state index contributed by atoms with van der Waals surface area (Å²) in [7, 11) is 0. The number of rotatable bonds is 6.